The van der Waals surface area contributed by atoms with Gasteiger partial charge in [-0.25, -0.2) is 17.2 Å². The second-order valence-electron chi connectivity index (χ2n) is 8.26. The Kier molecular flexibility index (Phi) is 5.38. The number of carbonyl (C=O) groups excluding carboxylic acids is 1. The highest BCUT2D eigenvalue weighted by molar-refractivity contribution is 7.92. The minimum Gasteiger partial charge on any atom is -0.336 e. The van der Waals surface area contributed by atoms with E-state index in [1.165, 1.54) is 4.90 Å². The van der Waals surface area contributed by atoms with Crippen LogP contribution in [0.3, 0.4) is 0 Å². The van der Waals surface area contributed by atoms with Crippen molar-refractivity contribution in [2.45, 2.75) is 48.7 Å². The van der Waals surface area contributed by atoms with Crippen molar-refractivity contribution in [3.8, 4) is 11.1 Å². The van der Waals surface area contributed by atoms with Crippen LogP contribution in [0.15, 0.2) is 47.5 Å². The first kappa shape index (κ1) is 20.9. The number of sulfone groups is 1. The number of hydrogen-bond donors (Lipinski definition) is 0. The molecule has 0 unspecified atom stereocenters. The number of nitrogens with zero attached hydrogens (tertiary/aromatic N) is 2. The summed E-state index contributed by atoms with van der Waals surface area (Å²) in [5.74, 6) is -3.69. The van der Waals surface area contributed by atoms with E-state index in [9.17, 15) is 22.0 Å². The molecule has 1 aromatic carbocycles. The zero-order valence-electron chi connectivity index (χ0n) is 16.7. The molecule has 1 amide bonds. The maximum absolute atomic E-state index is 13.4. The molecule has 0 bridgehead atoms. The molecule has 0 N–H and O–H groups in total. The van der Waals surface area contributed by atoms with Gasteiger partial charge in [-0.05, 0) is 61.6 Å². The summed E-state index contributed by atoms with van der Waals surface area (Å²) in [6.45, 7) is 1.34. The predicted octanol–water partition coefficient (Wildman–Crippen LogP) is 3.87. The van der Waals surface area contributed by atoms with E-state index in [-0.39, 0.29) is 30.2 Å². The maximum Gasteiger partial charge on any atom is 0.267 e. The van der Waals surface area contributed by atoms with Gasteiger partial charge in [-0.15, -0.1) is 0 Å². The zero-order valence-corrected chi connectivity index (χ0v) is 17.5. The second-order valence-corrected chi connectivity index (χ2v) is 10.5. The van der Waals surface area contributed by atoms with Crippen LogP contribution < -0.4 is 0 Å². The van der Waals surface area contributed by atoms with Crippen LogP contribution in [0, 0.1) is 12.8 Å². The van der Waals surface area contributed by atoms with Crippen molar-refractivity contribution in [3.63, 3.8) is 0 Å². The number of hydrogen-bond acceptors (Lipinski definition) is 4. The fraction of sp³-hybridized carbons (Fsp3) is 0.455. The van der Waals surface area contributed by atoms with Gasteiger partial charge in [0.25, 0.3) is 5.92 Å². The van der Waals surface area contributed by atoms with Gasteiger partial charge in [0.2, 0.25) is 5.91 Å². The number of carbonyl (C=O) groups is 1. The van der Waals surface area contributed by atoms with Crippen LogP contribution in [0.1, 0.15) is 31.4 Å². The molecule has 1 aliphatic carbocycles. The third-order valence-corrected chi connectivity index (χ3v) is 8.26. The normalized spacial score (nSPS) is 23.6. The van der Waals surface area contributed by atoms with Crippen molar-refractivity contribution in [1.82, 2.24) is 9.88 Å². The van der Waals surface area contributed by atoms with Crippen molar-refractivity contribution in [3.05, 3.63) is 48.3 Å². The predicted molar refractivity (Wildman–Crippen MR) is 109 cm³/mol. The lowest BCUT2D eigenvalue weighted by molar-refractivity contribution is -0.135. The summed E-state index contributed by atoms with van der Waals surface area (Å²) < 4.78 is 53.3. The first-order valence-electron chi connectivity index (χ1n) is 10.1. The Balaban J connectivity index is 1.51. The van der Waals surface area contributed by atoms with E-state index in [1.54, 1.807) is 24.4 Å². The molecule has 2 atom stereocenters. The Morgan fingerprint density at radius 3 is 2.63 bits per heavy atom. The quantitative estimate of drug-likeness (QED) is 0.733. The second kappa shape index (κ2) is 7.72. The monoisotopic (exact) mass is 434 g/mol. The largest absolute Gasteiger partial charge is 0.336 e. The SMILES string of the molecule is Cc1cc(-c2cccc(S(=O)(=O)[C@@H]3CC[C@@H](C(=O)N4CCC(F)(F)C4)C3)c2)ccn1. The lowest BCUT2D eigenvalue weighted by Gasteiger charge is -2.20. The highest BCUT2D eigenvalue weighted by Crippen LogP contribution is 2.37. The Morgan fingerprint density at radius 1 is 1.17 bits per heavy atom. The van der Waals surface area contributed by atoms with Crippen molar-refractivity contribution in [2.24, 2.45) is 5.92 Å². The number of rotatable bonds is 4. The van der Waals surface area contributed by atoms with Gasteiger partial charge >= 0.3 is 0 Å². The molecule has 30 heavy (non-hydrogen) atoms. The molecule has 1 aromatic heterocycles. The van der Waals surface area contributed by atoms with E-state index in [2.05, 4.69) is 4.98 Å². The summed E-state index contributed by atoms with van der Waals surface area (Å²) in [5.41, 5.74) is 2.51. The maximum atomic E-state index is 13.4. The van der Waals surface area contributed by atoms with Crippen LogP contribution in [0.5, 0.6) is 0 Å². The Labute approximate surface area is 175 Å². The van der Waals surface area contributed by atoms with Gasteiger partial charge in [0.15, 0.2) is 9.84 Å². The van der Waals surface area contributed by atoms with Gasteiger partial charge < -0.3 is 4.90 Å². The number of benzene rings is 1. The van der Waals surface area contributed by atoms with Crippen molar-refractivity contribution >= 4 is 15.7 Å². The number of likely N-dealkylation sites (tertiary alicyclic amines) is 1. The number of alkyl halides is 2. The number of aromatic nitrogens is 1. The van der Waals surface area contributed by atoms with Crippen molar-refractivity contribution in [1.29, 1.82) is 0 Å². The number of aryl methyl sites for hydroxylation is 1. The number of amides is 1. The average Bonchev–Trinajstić information content (AvgIpc) is 3.35. The van der Waals surface area contributed by atoms with E-state index in [0.29, 0.717) is 12.8 Å². The minimum absolute atomic E-state index is 0.0349. The van der Waals surface area contributed by atoms with Crippen LogP contribution in [0.4, 0.5) is 8.78 Å². The standard InChI is InChI=1S/C22H24F2N2O3S/c1-15-11-17(7-9-25-15)16-3-2-4-19(12-16)30(28,29)20-6-5-18(13-20)21(27)26-10-8-22(23,24)14-26/h2-4,7,9,11-12,18,20H,5-6,8,10,13-14H2,1H3/t18-,20-/m1/s1. The Hall–Kier alpha value is -2.35. The van der Waals surface area contributed by atoms with Gasteiger partial charge in [-0.2, -0.15) is 0 Å². The average molecular weight is 435 g/mol. The molecular weight excluding hydrogens is 410 g/mol. The third-order valence-electron chi connectivity index (χ3n) is 6.05. The summed E-state index contributed by atoms with van der Waals surface area (Å²) in [5, 5.41) is -0.677. The van der Waals surface area contributed by atoms with Crippen LogP contribution in [-0.4, -0.2) is 48.5 Å². The highest BCUT2D eigenvalue weighted by atomic mass is 32.2. The van der Waals surface area contributed by atoms with Crippen LogP contribution >= 0.6 is 0 Å². The molecule has 5 nitrogen and oxygen atoms in total. The molecule has 1 aliphatic heterocycles. The molecule has 4 rings (SSSR count). The summed E-state index contributed by atoms with van der Waals surface area (Å²) in [4.78, 5) is 18.2. The molecule has 0 spiro atoms. The lowest BCUT2D eigenvalue weighted by Crippen LogP contribution is -2.35. The first-order chi connectivity index (χ1) is 14.2. The van der Waals surface area contributed by atoms with E-state index in [0.717, 1.165) is 16.8 Å². The lowest BCUT2D eigenvalue weighted by atomic mass is 10.1. The van der Waals surface area contributed by atoms with Gasteiger partial charge in [-0.3, -0.25) is 9.78 Å². The number of halogens is 2. The Bertz CT molecular complexity index is 1070. The topological polar surface area (TPSA) is 67.3 Å². The summed E-state index contributed by atoms with van der Waals surface area (Å²) in [7, 11) is -3.63. The molecular formula is C22H24F2N2O3S. The van der Waals surface area contributed by atoms with E-state index in [4.69, 9.17) is 0 Å². The van der Waals surface area contributed by atoms with Crippen LogP contribution in [0.2, 0.25) is 0 Å². The fourth-order valence-corrected chi connectivity index (χ4v) is 6.28. The molecule has 160 valence electrons. The molecule has 0 radical (unpaired) electrons. The van der Waals surface area contributed by atoms with Gasteiger partial charge in [0.05, 0.1) is 16.7 Å². The summed E-state index contributed by atoms with van der Waals surface area (Å²) in [6, 6.07) is 10.5. The zero-order chi connectivity index (χ0) is 21.5. The van der Waals surface area contributed by atoms with Crippen molar-refractivity contribution in [2.75, 3.05) is 13.1 Å². The fourth-order valence-electron chi connectivity index (χ4n) is 4.40. The summed E-state index contributed by atoms with van der Waals surface area (Å²) in [6.07, 6.45) is 2.31. The Morgan fingerprint density at radius 2 is 1.93 bits per heavy atom. The summed E-state index contributed by atoms with van der Waals surface area (Å²) >= 11 is 0. The van der Waals surface area contributed by atoms with Gasteiger partial charge in [-0.1, -0.05) is 12.1 Å². The smallest absolute Gasteiger partial charge is 0.267 e. The van der Waals surface area contributed by atoms with Crippen molar-refractivity contribution < 1.29 is 22.0 Å². The molecule has 2 aliphatic rings. The van der Waals surface area contributed by atoms with Crippen LogP contribution in [0.25, 0.3) is 11.1 Å². The molecule has 1 saturated carbocycles. The van der Waals surface area contributed by atoms with E-state index in [1.807, 2.05) is 25.1 Å². The molecule has 1 saturated heterocycles. The first-order valence-corrected chi connectivity index (χ1v) is 11.6. The molecule has 2 fully saturated rings. The van der Waals surface area contributed by atoms with E-state index >= 15 is 0 Å². The third kappa shape index (κ3) is 4.10. The number of pyridine rings is 1. The van der Waals surface area contributed by atoms with Crippen LogP contribution in [-0.2, 0) is 14.6 Å². The van der Waals surface area contributed by atoms with E-state index < -0.39 is 33.5 Å². The molecule has 2 heterocycles. The molecule has 8 heteroatoms. The van der Waals surface area contributed by atoms with Gasteiger partial charge in [0.1, 0.15) is 0 Å². The highest BCUT2D eigenvalue weighted by Gasteiger charge is 2.45. The minimum atomic E-state index is -3.63. The van der Waals surface area contributed by atoms with Gasteiger partial charge in [0, 0.05) is 30.8 Å². The molecule has 2 aromatic rings.